The highest BCUT2D eigenvalue weighted by Crippen LogP contribution is 2.26. The van der Waals surface area contributed by atoms with E-state index >= 15 is 0 Å². The Bertz CT molecular complexity index is 594. The van der Waals surface area contributed by atoms with Crippen LogP contribution in [0.5, 0.6) is 11.6 Å². The number of nitrogens with one attached hydrogen (secondary N) is 1. The zero-order valence-corrected chi connectivity index (χ0v) is 11.7. The Morgan fingerprint density at radius 2 is 2.16 bits per heavy atom. The molecule has 0 atom stereocenters. The van der Waals surface area contributed by atoms with Crippen molar-refractivity contribution >= 4 is 27.7 Å². The third-order valence-electron chi connectivity index (χ3n) is 2.19. The fraction of sp³-hybridized carbons (Fsp3) is 0.167. The number of nitrogen functional groups attached to an aromatic ring is 1. The molecule has 0 radical (unpaired) electrons. The molecule has 1 aromatic heterocycles. The first-order chi connectivity index (χ1) is 9.08. The molecule has 1 heterocycles. The maximum absolute atomic E-state index is 13.4. The topological polar surface area (TPSA) is 73.1 Å². The van der Waals surface area contributed by atoms with E-state index in [1.54, 1.807) is 18.2 Å². The van der Waals surface area contributed by atoms with E-state index in [1.165, 1.54) is 6.07 Å². The highest BCUT2D eigenvalue weighted by Gasteiger charge is 2.06. The number of hydrogen-bond acceptors (Lipinski definition) is 5. The Labute approximate surface area is 118 Å². The van der Waals surface area contributed by atoms with Crippen LogP contribution in [0.2, 0.25) is 0 Å². The van der Waals surface area contributed by atoms with Gasteiger partial charge in [0, 0.05) is 18.7 Å². The molecule has 0 saturated heterocycles. The van der Waals surface area contributed by atoms with Gasteiger partial charge in [0.15, 0.2) is 0 Å². The van der Waals surface area contributed by atoms with Crippen LogP contribution in [-0.2, 0) is 0 Å². The Kier molecular flexibility index (Phi) is 4.16. The number of aromatic nitrogens is 2. The molecule has 0 saturated carbocycles. The molecule has 3 N–H and O–H groups in total. The number of nitrogens with zero attached hydrogens (tertiary/aromatic N) is 2. The van der Waals surface area contributed by atoms with Crippen LogP contribution in [0.3, 0.4) is 0 Å². The van der Waals surface area contributed by atoms with Gasteiger partial charge in [0.1, 0.15) is 17.4 Å². The molecule has 2 rings (SSSR count). The number of benzene rings is 1. The summed E-state index contributed by atoms with van der Waals surface area (Å²) in [7, 11) is 0. The summed E-state index contributed by atoms with van der Waals surface area (Å²) in [4.78, 5) is 7.92. The first kappa shape index (κ1) is 13.5. The highest BCUT2D eigenvalue weighted by molar-refractivity contribution is 9.10. The van der Waals surface area contributed by atoms with Crippen molar-refractivity contribution in [2.24, 2.45) is 0 Å². The van der Waals surface area contributed by atoms with Crippen molar-refractivity contribution in [2.75, 3.05) is 17.6 Å². The van der Waals surface area contributed by atoms with E-state index in [2.05, 4.69) is 31.2 Å². The second kappa shape index (κ2) is 5.83. The van der Waals surface area contributed by atoms with Crippen LogP contribution in [0, 0.1) is 5.82 Å². The Balaban J connectivity index is 2.24. The van der Waals surface area contributed by atoms with E-state index in [-0.39, 0.29) is 11.8 Å². The largest absolute Gasteiger partial charge is 0.439 e. The smallest absolute Gasteiger partial charge is 0.226 e. The molecule has 0 unspecified atom stereocenters. The van der Waals surface area contributed by atoms with Gasteiger partial charge < -0.3 is 15.8 Å². The maximum atomic E-state index is 13.4. The van der Waals surface area contributed by atoms with Gasteiger partial charge in [-0.05, 0) is 35.0 Å². The molecule has 7 heteroatoms. The minimum atomic E-state index is -0.411. The molecule has 0 aliphatic heterocycles. The first-order valence-corrected chi connectivity index (χ1v) is 6.39. The number of halogens is 2. The Morgan fingerprint density at radius 1 is 1.37 bits per heavy atom. The minimum Gasteiger partial charge on any atom is -0.439 e. The van der Waals surface area contributed by atoms with Crippen molar-refractivity contribution in [3.05, 3.63) is 34.6 Å². The zero-order chi connectivity index (χ0) is 13.8. The summed E-state index contributed by atoms with van der Waals surface area (Å²) in [5.41, 5.74) is 5.57. The lowest BCUT2D eigenvalue weighted by Crippen LogP contribution is -2.04. The fourth-order valence-electron chi connectivity index (χ4n) is 1.43. The molecule has 0 bridgehead atoms. The van der Waals surface area contributed by atoms with Crippen molar-refractivity contribution in [3.8, 4) is 11.6 Å². The summed E-state index contributed by atoms with van der Waals surface area (Å²) in [5.74, 6) is 0.825. The van der Waals surface area contributed by atoms with Gasteiger partial charge in [-0.25, -0.2) is 4.39 Å². The van der Waals surface area contributed by atoms with Crippen LogP contribution in [0.1, 0.15) is 6.92 Å². The van der Waals surface area contributed by atoms with Crippen molar-refractivity contribution in [2.45, 2.75) is 6.92 Å². The van der Waals surface area contributed by atoms with E-state index in [0.29, 0.717) is 22.6 Å². The molecular formula is C12H12BrFN4O. The number of anilines is 2. The summed E-state index contributed by atoms with van der Waals surface area (Å²) in [6, 6.07) is 6.04. The van der Waals surface area contributed by atoms with Crippen LogP contribution in [0.4, 0.5) is 16.2 Å². The van der Waals surface area contributed by atoms with Gasteiger partial charge in [0.25, 0.3) is 0 Å². The number of ether oxygens (including phenoxy) is 1. The quantitative estimate of drug-likeness (QED) is 0.902. The standard InChI is InChI=1S/C12H12BrFN4O/c1-2-16-10-6-11(18-12(15)17-10)19-7-3-4-8(13)9(14)5-7/h3-6H,2H2,1H3,(H3,15,16,17,18). The van der Waals surface area contributed by atoms with Crippen LogP contribution < -0.4 is 15.8 Å². The summed E-state index contributed by atoms with van der Waals surface area (Å²) in [6.45, 7) is 2.63. The molecule has 0 fully saturated rings. The van der Waals surface area contributed by atoms with Crippen molar-refractivity contribution in [1.29, 1.82) is 0 Å². The number of nitrogens with two attached hydrogens (primary N) is 1. The zero-order valence-electron chi connectivity index (χ0n) is 10.2. The minimum absolute atomic E-state index is 0.0889. The highest BCUT2D eigenvalue weighted by atomic mass is 79.9. The Hall–Kier alpha value is -1.89. The van der Waals surface area contributed by atoms with Gasteiger partial charge in [-0.3, -0.25) is 0 Å². The van der Waals surface area contributed by atoms with E-state index < -0.39 is 5.82 Å². The SMILES string of the molecule is CCNc1cc(Oc2ccc(Br)c(F)c2)nc(N)n1. The van der Waals surface area contributed by atoms with Crippen LogP contribution in [0.15, 0.2) is 28.7 Å². The van der Waals surface area contributed by atoms with E-state index in [9.17, 15) is 4.39 Å². The van der Waals surface area contributed by atoms with Crippen molar-refractivity contribution < 1.29 is 9.13 Å². The van der Waals surface area contributed by atoms with Gasteiger partial charge in [-0.2, -0.15) is 9.97 Å². The van der Waals surface area contributed by atoms with E-state index in [4.69, 9.17) is 10.5 Å². The molecule has 100 valence electrons. The van der Waals surface area contributed by atoms with Crippen LogP contribution in [-0.4, -0.2) is 16.5 Å². The third kappa shape index (κ3) is 3.54. The van der Waals surface area contributed by atoms with Crippen molar-refractivity contribution in [1.82, 2.24) is 9.97 Å². The van der Waals surface area contributed by atoms with Gasteiger partial charge >= 0.3 is 0 Å². The normalized spacial score (nSPS) is 10.3. The van der Waals surface area contributed by atoms with Crippen LogP contribution in [0.25, 0.3) is 0 Å². The molecule has 1 aromatic carbocycles. The lowest BCUT2D eigenvalue weighted by Gasteiger charge is -2.08. The Morgan fingerprint density at radius 3 is 2.84 bits per heavy atom. The molecule has 0 amide bonds. The predicted octanol–water partition coefficient (Wildman–Crippen LogP) is 3.18. The second-order valence-corrected chi connectivity index (χ2v) is 4.51. The third-order valence-corrected chi connectivity index (χ3v) is 2.83. The number of hydrogen-bond donors (Lipinski definition) is 2. The lowest BCUT2D eigenvalue weighted by atomic mass is 10.3. The molecule has 5 nitrogen and oxygen atoms in total. The molecule has 0 spiro atoms. The average molecular weight is 327 g/mol. The first-order valence-electron chi connectivity index (χ1n) is 5.60. The fourth-order valence-corrected chi connectivity index (χ4v) is 1.67. The van der Waals surface area contributed by atoms with Gasteiger partial charge in [-0.1, -0.05) is 0 Å². The molecular weight excluding hydrogens is 315 g/mol. The monoisotopic (exact) mass is 326 g/mol. The number of rotatable bonds is 4. The van der Waals surface area contributed by atoms with Gasteiger partial charge in [0.2, 0.25) is 11.8 Å². The van der Waals surface area contributed by atoms with E-state index in [1.807, 2.05) is 6.92 Å². The summed E-state index contributed by atoms with van der Waals surface area (Å²) >= 11 is 3.07. The lowest BCUT2D eigenvalue weighted by molar-refractivity contribution is 0.457. The second-order valence-electron chi connectivity index (χ2n) is 3.66. The summed E-state index contributed by atoms with van der Waals surface area (Å²) in [5, 5.41) is 3.00. The molecule has 2 aromatic rings. The van der Waals surface area contributed by atoms with Gasteiger partial charge in [-0.15, -0.1) is 0 Å². The average Bonchev–Trinajstić information content (AvgIpc) is 2.33. The predicted molar refractivity (Wildman–Crippen MR) is 74.8 cm³/mol. The maximum Gasteiger partial charge on any atom is 0.226 e. The molecule has 19 heavy (non-hydrogen) atoms. The molecule has 0 aliphatic rings. The van der Waals surface area contributed by atoms with Crippen LogP contribution >= 0.6 is 15.9 Å². The summed E-state index contributed by atoms with van der Waals surface area (Å²) in [6.07, 6.45) is 0. The van der Waals surface area contributed by atoms with Gasteiger partial charge in [0.05, 0.1) is 4.47 Å². The van der Waals surface area contributed by atoms with E-state index in [0.717, 1.165) is 0 Å². The molecule has 0 aliphatic carbocycles. The summed E-state index contributed by atoms with van der Waals surface area (Å²) < 4.78 is 19.2. The van der Waals surface area contributed by atoms with Crippen molar-refractivity contribution in [3.63, 3.8) is 0 Å².